The Morgan fingerprint density at radius 3 is 1.63 bits per heavy atom. The third-order valence-electron chi connectivity index (χ3n) is 11.3. The zero-order valence-corrected chi connectivity index (χ0v) is 66.8. The minimum absolute atomic E-state index is 0. The molecule has 4 N–H and O–H groups in total. The SMILES string of the molecule is CC(C)(C)[Si](C)(C)OCCCCI.CNC(=O)c1c(-c2ccc(C)cc2)oc2nc(N(CCCCO)S(C)(=O)=O)c(I)cc12.CNC(=O)c1c(-c2ccc(C)cc2)oc2nc(NS(C)(=O)=O)c(I)cc12.O=CO[O-].[Cs+].[Cs+].[H-]. The number of rotatable bonds is 18. The number of carbonyl (C=O) groups excluding carboxylic acids is 3. The van der Waals surface area contributed by atoms with E-state index in [0.717, 1.165) is 41.4 Å². The van der Waals surface area contributed by atoms with E-state index in [1.54, 1.807) is 19.2 Å². The molecule has 0 fully saturated rings. The Bertz CT molecular complexity index is 3100. The third kappa shape index (κ3) is 22.4. The number of carbonyl (C=O) groups is 3. The van der Waals surface area contributed by atoms with Crippen molar-refractivity contribution in [3.63, 3.8) is 0 Å². The van der Waals surface area contributed by atoms with Crippen LogP contribution in [0.2, 0.25) is 18.1 Å². The molecular weight excluding hydrogens is 1620 g/mol. The Balaban J connectivity index is 0.00000114. The van der Waals surface area contributed by atoms with Crippen molar-refractivity contribution >= 4 is 148 Å². The summed E-state index contributed by atoms with van der Waals surface area (Å²) in [5.74, 6) is 0.540. The normalized spacial score (nSPS) is 11.3. The van der Waals surface area contributed by atoms with Crippen LogP contribution in [0.3, 0.4) is 0 Å². The van der Waals surface area contributed by atoms with Gasteiger partial charge in [-0.05, 0) is 119 Å². The maximum absolute atomic E-state index is 12.7. The van der Waals surface area contributed by atoms with E-state index in [-0.39, 0.29) is 194 Å². The van der Waals surface area contributed by atoms with E-state index in [4.69, 9.17) is 28.4 Å². The van der Waals surface area contributed by atoms with Crippen molar-refractivity contribution in [2.45, 2.75) is 78.4 Å². The van der Waals surface area contributed by atoms with Gasteiger partial charge in [0.1, 0.15) is 11.5 Å². The van der Waals surface area contributed by atoms with E-state index < -0.39 is 28.4 Å². The summed E-state index contributed by atoms with van der Waals surface area (Å²) in [4.78, 5) is 45.1. The van der Waals surface area contributed by atoms with Gasteiger partial charge in [-0.25, -0.2) is 16.8 Å². The van der Waals surface area contributed by atoms with Gasteiger partial charge in [0.15, 0.2) is 20.0 Å². The molecule has 0 aliphatic rings. The Hall–Kier alpha value is 0.121. The topological polar surface area (TPSA) is 273 Å². The van der Waals surface area contributed by atoms with Crippen molar-refractivity contribution in [2.75, 3.05) is 59.8 Å². The third-order valence-corrected chi connectivity index (χ3v) is 20.0. The van der Waals surface area contributed by atoms with Gasteiger partial charge in [0.2, 0.25) is 31.5 Å². The quantitative estimate of drug-likeness (QED) is 0.0183. The molecule has 408 valence electrons. The van der Waals surface area contributed by atoms with E-state index in [1.165, 1.54) is 28.6 Å². The maximum Gasteiger partial charge on any atom is 1.00 e. The number of aliphatic hydroxyl groups is 1. The molecule has 4 heterocycles. The molecule has 0 bridgehead atoms. The van der Waals surface area contributed by atoms with Crippen molar-refractivity contribution in [1.29, 1.82) is 0 Å². The molecule has 0 spiro atoms. The van der Waals surface area contributed by atoms with Gasteiger partial charge in [0, 0.05) is 45.0 Å². The van der Waals surface area contributed by atoms with E-state index >= 15 is 0 Å². The molecule has 4 aromatic heterocycles. The first-order chi connectivity index (χ1) is 34.6. The number of nitrogens with zero attached hydrogens (tertiary/aromatic N) is 3. The zero-order chi connectivity index (χ0) is 55.8. The monoisotopic (exact) mass is 1680 g/mol. The van der Waals surface area contributed by atoms with Gasteiger partial charge in [0.25, 0.3) is 18.3 Å². The van der Waals surface area contributed by atoms with Gasteiger partial charge in [-0.1, -0.05) is 103 Å². The molecule has 0 atom stereocenters. The fraction of sp³-hybridized carbons (Fsp3) is 0.408. The van der Waals surface area contributed by atoms with Crippen LogP contribution in [0.1, 0.15) is 79.7 Å². The summed E-state index contributed by atoms with van der Waals surface area (Å²) >= 11 is 6.40. The number of benzene rings is 2. The number of halogens is 3. The van der Waals surface area contributed by atoms with Crippen LogP contribution in [0.25, 0.3) is 44.8 Å². The van der Waals surface area contributed by atoms with Crippen molar-refractivity contribution in [3.05, 3.63) is 90.1 Å². The molecule has 0 saturated carbocycles. The summed E-state index contributed by atoms with van der Waals surface area (Å²) < 4.78 is 71.7. The fourth-order valence-corrected chi connectivity index (χ4v) is 11.1. The first-order valence-electron chi connectivity index (χ1n) is 22.9. The average Bonchev–Trinajstić information content (AvgIpc) is 3.88. The molecule has 0 aliphatic heterocycles. The largest absolute Gasteiger partial charge is 1.00 e. The number of furan rings is 2. The predicted molar refractivity (Wildman–Crippen MR) is 317 cm³/mol. The van der Waals surface area contributed by atoms with Crippen LogP contribution < -0.4 is 163 Å². The molecule has 76 heavy (non-hydrogen) atoms. The van der Waals surface area contributed by atoms with Crippen LogP contribution in [-0.2, 0) is 34.2 Å². The van der Waals surface area contributed by atoms with Crippen LogP contribution in [-0.4, -0.2) is 109 Å². The summed E-state index contributed by atoms with van der Waals surface area (Å²) in [6.07, 6.45) is 5.62. The number of unbranched alkanes of at least 4 members (excludes halogenated alkanes) is 2. The van der Waals surface area contributed by atoms with Gasteiger partial charge in [-0.15, -0.1) is 0 Å². The van der Waals surface area contributed by atoms with Crippen LogP contribution >= 0.6 is 67.8 Å². The molecule has 0 unspecified atom stereocenters. The van der Waals surface area contributed by atoms with Crippen molar-refractivity contribution in [2.24, 2.45) is 0 Å². The van der Waals surface area contributed by atoms with E-state index in [2.05, 4.69) is 86.7 Å². The molecule has 27 heteroatoms. The van der Waals surface area contributed by atoms with Gasteiger partial charge in [-0.2, -0.15) is 9.97 Å². The second-order valence-corrected chi connectivity index (χ2v) is 30.0. The van der Waals surface area contributed by atoms with E-state index in [1.807, 2.05) is 108 Å². The molecule has 0 aliphatic carbocycles. The molecule has 2 aromatic carbocycles. The number of sulfonamides is 2. The van der Waals surface area contributed by atoms with Gasteiger partial charge < -0.3 is 40.6 Å². The first kappa shape index (κ1) is 74.1. The molecule has 0 saturated heterocycles. The molecule has 0 radical (unpaired) electrons. The van der Waals surface area contributed by atoms with Crippen LogP contribution in [0.4, 0.5) is 11.6 Å². The number of hydrogen-bond donors (Lipinski definition) is 4. The molecular formula is C49H65Cs2I3N6O13S2Si. The summed E-state index contributed by atoms with van der Waals surface area (Å²) in [6.45, 7) is 16.4. The van der Waals surface area contributed by atoms with E-state index in [0.29, 0.717) is 58.4 Å². The summed E-state index contributed by atoms with van der Waals surface area (Å²) in [5.41, 5.74) is 4.70. The van der Waals surface area contributed by atoms with Crippen LogP contribution in [0.15, 0.2) is 69.5 Å². The van der Waals surface area contributed by atoms with Gasteiger partial charge in [-0.3, -0.25) is 23.4 Å². The van der Waals surface area contributed by atoms with Crippen molar-refractivity contribution < 1.29 is 199 Å². The minimum Gasteiger partial charge on any atom is -1.00 e. The minimum atomic E-state index is -3.61. The number of nitrogens with one attached hydrogen (secondary N) is 3. The fourth-order valence-electron chi connectivity index (χ4n) is 6.46. The number of anilines is 2. The molecule has 2 amide bonds. The summed E-state index contributed by atoms with van der Waals surface area (Å²) in [5, 5.41) is 24.1. The van der Waals surface area contributed by atoms with E-state index in [9.17, 15) is 26.4 Å². The predicted octanol–water partition coefficient (Wildman–Crippen LogP) is 3.22. The van der Waals surface area contributed by atoms with Crippen molar-refractivity contribution in [3.8, 4) is 22.6 Å². The Labute approximate surface area is 607 Å². The Kier molecular flexibility index (Phi) is 33.8. The number of alkyl halides is 1. The number of aliphatic hydroxyl groups excluding tert-OH is 1. The van der Waals surface area contributed by atoms with Crippen molar-refractivity contribution in [1.82, 2.24) is 20.6 Å². The smallest absolute Gasteiger partial charge is 1.00 e. The summed E-state index contributed by atoms with van der Waals surface area (Å²) in [7, 11) is -5.47. The maximum atomic E-state index is 12.7. The standard InChI is InChI=1S/C21H24IN3O5S.C17H16IN3O4S.C10H23IOSi.CH2O3.2Cs.H/c1-13-6-8-14(9-7-13)18-17(20(27)23-2)15-12-16(22)19(24-21(15)30-18)25(31(3,28)29)10-4-5-11-26;1-9-4-6-10(7-5-9)14-13(16(22)19-2)11-8-12(18)15(20-17(11)25-14)21-26(3,23)24;1-10(2,3)13(4,5)12-9-7-6-8-11;2-1-4-3;;;/h6-9,12,26H,4-5,10-11H2,1-3H3,(H,23,27);4-8H,1-3H3,(H,19,22)(H,20,21);6-9H2,1-5H3;1,3H;;;/q;;;;2*+1;-1/p-1. The number of amides is 2. The van der Waals surface area contributed by atoms with Crippen LogP contribution in [0.5, 0.6) is 0 Å². The number of aryl methyl sites for hydroxylation is 2. The number of aromatic nitrogens is 2. The number of fused-ring (bicyclic) bond motifs is 2. The Morgan fingerprint density at radius 1 is 0.803 bits per heavy atom. The second kappa shape index (κ2) is 34.7. The second-order valence-electron chi connectivity index (χ2n) is 18.2. The summed E-state index contributed by atoms with van der Waals surface area (Å²) in [6, 6.07) is 18.5. The zero-order valence-electron chi connectivity index (χ0n) is 46.1. The first-order valence-corrected chi connectivity index (χ1v) is 33.2. The molecule has 6 aromatic rings. The average molecular weight is 1680 g/mol. The van der Waals surface area contributed by atoms with Gasteiger partial charge >= 0.3 is 138 Å². The number of pyridine rings is 2. The molecule has 19 nitrogen and oxygen atoms in total. The van der Waals surface area contributed by atoms with Crippen LogP contribution in [0, 0.1) is 21.0 Å². The number of hydrogen-bond acceptors (Lipinski definition) is 15. The van der Waals surface area contributed by atoms with Gasteiger partial charge in [0.05, 0.1) is 41.6 Å². The Morgan fingerprint density at radius 2 is 1.25 bits per heavy atom. The molecule has 6 rings (SSSR count).